The first-order chi connectivity index (χ1) is 8.16. The van der Waals surface area contributed by atoms with Gasteiger partial charge in [-0.05, 0) is 25.2 Å². The summed E-state index contributed by atoms with van der Waals surface area (Å²) in [5.41, 5.74) is 0. The Morgan fingerprint density at radius 2 is 2.12 bits per heavy atom. The van der Waals surface area contributed by atoms with Crippen molar-refractivity contribution in [2.45, 2.75) is 38.1 Å². The number of hydrogen-bond donors (Lipinski definition) is 2. The first-order valence-corrected chi connectivity index (χ1v) is 6.27. The molecule has 5 heteroatoms. The van der Waals surface area contributed by atoms with Crippen molar-refractivity contribution in [1.82, 2.24) is 5.32 Å². The standard InChI is InChI=1S/C12H19NO4/c14-11(9-2-1-5-17-7-9)13-10(12(15)16)6-8-3-4-8/h8-10H,1-7H2,(H,13,14)(H,15,16). The lowest BCUT2D eigenvalue weighted by Crippen LogP contribution is -2.45. The highest BCUT2D eigenvalue weighted by Crippen LogP contribution is 2.33. The molecule has 1 aliphatic heterocycles. The van der Waals surface area contributed by atoms with Gasteiger partial charge in [-0.25, -0.2) is 4.79 Å². The first-order valence-electron chi connectivity index (χ1n) is 6.27. The van der Waals surface area contributed by atoms with Gasteiger partial charge >= 0.3 is 5.97 Å². The fraction of sp³-hybridized carbons (Fsp3) is 0.833. The third-order valence-corrected chi connectivity index (χ3v) is 3.41. The Morgan fingerprint density at radius 1 is 1.35 bits per heavy atom. The van der Waals surface area contributed by atoms with Crippen molar-refractivity contribution >= 4 is 11.9 Å². The van der Waals surface area contributed by atoms with Gasteiger partial charge in [0.05, 0.1) is 12.5 Å². The molecule has 2 N–H and O–H groups in total. The quantitative estimate of drug-likeness (QED) is 0.746. The van der Waals surface area contributed by atoms with Gasteiger partial charge in [0, 0.05) is 6.61 Å². The van der Waals surface area contributed by atoms with E-state index in [-0.39, 0.29) is 11.8 Å². The molecule has 5 nitrogen and oxygen atoms in total. The Hall–Kier alpha value is -1.10. The van der Waals surface area contributed by atoms with Crippen molar-refractivity contribution in [3.63, 3.8) is 0 Å². The number of carbonyl (C=O) groups is 2. The van der Waals surface area contributed by atoms with Crippen LogP contribution in [0.4, 0.5) is 0 Å². The molecule has 1 saturated carbocycles. The highest BCUT2D eigenvalue weighted by atomic mass is 16.5. The van der Waals surface area contributed by atoms with Gasteiger partial charge in [0.1, 0.15) is 6.04 Å². The number of ether oxygens (including phenoxy) is 1. The van der Waals surface area contributed by atoms with Crippen LogP contribution in [0.25, 0.3) is 0 Å². The summed E-state index contributed by atoms with van der Waals surface area (Å²) < 4.78 is 5.23. The van der Waals surface area contributed by atoms with Crippen LogP contribution in [0.5, 0.6) is 0 Å². The lowest BCUT2D eigenvalue weighted by molar-refractivity contribution is -0.143. The third-order valence-electron chi connectivity index (χ3n) is 3.41. The molecule has 2 rings (SSSR count). The molecular weight excluding hydrogens is 222 g/mol. The minimum atomic E-state index is -0.929. The summed E-state index contributed by atoms with van der Waals surface area (Å²) in [6.45, 7) is 1.12. The molecule has 0 aromatic heterocycles. The van der Waals surface area contributed by atoms with Crippen LogP contribution in [0.15, 0.2) is 0 Å². The van der Waals surface area contributed by atoms with E-state index in [4.69, 9.17) is 9.84 Å². The van der Waals surface area contributed by atoms with E-state index >= 15 is 0 Å². The number of carbonyl (C=O) groups excluding carboxylic acids is 1. The van der Waals surface area contributed by atoms with Crippen LogP contribution in [-0.2, 0) is 14.3 Å². The lowest BCUT2D eigenvalue weighted by Gasteiger charge is -2.23. The molecule has 2 atom stereocenters. The van der Waals surface area contributed by atoms with Gasteiger partial charge in [0.25, 0.3) is 0 Å². The summed E-state index contributed by atoms with van der Waals surface area (Å²) in [7, 11) is 0. The average molecular weight is 241 g/mol. The number of carboxylic acids is 1. The maximum Gasteiger partial charge on any atom is 0.326 e. The molecule has 96 valence electrons. The van der Waals surface area contributed by atoms with Crippen LogP contribution in [0.1, 0.15) is 32.1 Å². The molecule has 1 aliphatic carbocycles. The largest absolute Gasteiger partial charge is 0.480 e. The minimum Gasteiger partial charge on any atom is -0.480 e. The zero-order chi connectivity index (χ0) is 12.3. The molecule has 2 fully saturated rings. The number of amides is 1. The van der Waals surface area contributed by atoms with Crippen molar-refractivity contribution < 1.29 is 19.4 Å². The molecule has 1 heterocycles. The lowest BCUT2D eigenvalue weighted by atomic mass is 10.0. The molecule has 2 unspecified atom stereocenters. The second kappa shape index (κ2) is 5.49. The summed E-state index contributed by atoms with van der Waals surface area (Å²) in [5, 5.41) is 11.7. The fourth-order valence-corrected chi connectivity index (χ4v) is 2.15. The number of aliphatic carboxylic acids is 1. The minimum absolute atomic E-state index is 0.169. The molecule has 1 saturated heterocycles. The number of carboxylic acid groups (broad SMARTS) is 1. The smallest absolute Gasteiger partial charge is 0.326 e. The van der Waals surface area contributed by atoms with E-state index in [0.717, 1.165) is 25.7 Å². The zero-order valence-electron chi connectivity index (χ0n) is 9.85. The van der Waals surface area contributed by atoms with E-state index in [0.29, 0.717) is 25.6 Å². The molecule has 0 aromatic rings. The highest BCUT2D eigenvalue weighted by molar-refractivity contribution is 5.85. The summed E-state index contributed by atoms with van der Waals surface area (Å²) in [6.07, 6.45) is 4.41. The topological polar surface area (TPSA) is 75.6 Å². The van der Waals surface area contributed by atoms with Gasteiger partial charge in [-0.1, -0.05) is 12.8 Å². The van der Waals surface area contributed by atoms with Crippen LogP contribution in [0.2, 0.25) is 0 Å². The summed E-state index contributed by atoms with van der Waals surface area (Å²) in [4.78, 5) is 22.9. The Balaban J connectivity index is 1.82. The number of nitrogens with one attached hydrogen (secondary N) is 1. The maximum atomic E-state index is 11.9. The first kappa shape index (κ1) is 12.4. The number of rotatable bonds is 5. The van der Waals surface area contributed by atoms with E-state index in [1.807, 2.05) is 0 Å². The van der Waals surface area contributed by atoms with Crippen LogP contribution < -0.4 is 5.32 Å². The van der Waals surface area contributed by atoms with E-state index < -0.39 is 12.0 Å². The number of hydrogen-bond acceptors (Lipinski definition) is 3. The van der Waals surface area contributed by atoms with Gasteiger partial charge in [-0.2, -0.15) is 0 Å². The molecule has 0 aromatic carbocycles. The van der Waals surface area contributed by atoms with Crippen molar-refractivity contribution in [3.05, 3.63) is 0 Å². The van der Waals surface area contributed by atoms with Crippen molar-refractivity contribution in [2.24, 2.45) is 11.8 Å². The predicted octanol–water partition coefficient (Wildman–Crippen LogP) is 0.782. The normalized spacial score (nSPS) is 26.2. The third kappa shape index (κ3) is 3.70. The second-order valence-electron chi connectivity index (χ2n) is 4.99. The predicted molar refractivity (Wildman–Crippen MR) is 60.5 cm³/mol. The SMILES string of the molecule is O=C(NC(CC1CC1)C(=O)O)C1CCCOC1. The Morgan fingerprint density at radius 3 is 2.65 bits per heavy atom. The summed E-state index contributed by atoms with van der Waals surface area (Å²) in [6, 6.07) is -0.725. The van der Waals surface area contributed by atoms with Gasteiger partial charge in [-0.15, -0.1) is 0 Å². The Labute approximate surface area is 101 Å². The van der Waals surface area contributed by atoms with Crippen molar-refractivity contribution in [1.29, 1.82) is 0 Å². The van der Waals surface area contributed by atoms with Crippen LogP contribution in [-0.4, -0.2) is 36.2 Å². The molecular formula is C12H19NO4. The van der Waals surface area contributed by atoms with E-state index in [1.54, 1.807) is 0 Å². The van der Waals surface area contributed by atoms with Crippen LogP contribution >= 0.6 is 0 Å². The van der Waals surface area contributed by atoms with Crippen LogP contribution in [0, 0.1) is 11.8 Å². The van der Waals surface area contributed by atoms with Gasteiger partial charge in [-0.3, -0.25) is 4.79 Å². The molecule has 1 amide bonds. The Kier molecular flexibility index (Phi) is 3.99. The van der Waals surface area contributed by atoms with E-state index in [1.165, 1.54) is 0 Å². The van der Waals surface area contributed by atoms with E-state index in [2.05, 4.69) is 5.32 Å². The molecule has 0 radical (unpaired) electrons. The average Bonchev–Trinajstić information content (AvgIpc) is 3.13. The highest BCUT2D eigenvalue weighted by Gasteiger charge is 2.32. The van der Waals surface area contributed by atoms with Gasteiger partial charge < -0.3 is 15.2 Å². The zero-order valence-corrected chi connectivity index (χ0v) is 9.85. The van der Waals surface area contributed by atoms with Gasteiger partial charge in [0.2, 0.25) is 5.91 Å². The monoisotopic (exact) mass is 241 g/mol. The molecule has 0 spiro atoms. The maximum absolute atomic E-state index is 11.9. The summed E-state index contributed by atoms with van der Waals surface area (Å²) >= 11 is 0. The second-order valence-corrected chi connectivity index (χ2v) is 4.99. The van der Waals surface area contributed by atoms with Crippen molar-refractivity contribution in [2.75, 3.05) is 13.2 Å². The van der Waals surface area contributed by atoms with Crippen LogP contribution in [0.3, 0.4) is 0 Å². The van der Waals surface area contributed by atoms with E-state index in [9.17, 15) is 9.59 Å². The van der Waals surface area contributed by atoms with Crippen molar-refractivity contribution in [3.8, 4) is 0 Å². The summed E-state index contributed by atoms with van der Waals surface area (Å²) in [5.74, 6) is -0.788. The molecule has 0 bridgehead atoms. The van der Waals surface area contributed by atoms with Gasteiger partial charge in [0.15, 0.2) is 0 Å². The molecule has 2 aliphatic rings. The fourth-order valence-electron chi connectivity index (χ4n) is 2.15. The molecule has 17 heavy (non-hydrogen) atoms. The Bertz CT molecular complexity index is 295.